The predicted octanol–water partition coefficient (Wildman–Crippen LogP) is 5.29. The molecule has 2 amide bonds. The molecule has 0 saturated heterocycles. The lowest BCUT2D eigenvalue weighted by molar-refractivity contribution is 0.190. The van der Waals surface area contributed by atoms with Crippen LogP contribution in [0.5, 0.6) is 5.75 Å². The number of halogens is 2. The summed E-state index contributed by atoms with van der Waals surface area (Å²) in [6.07, 6.45) is 1.59. The van der Waals surface area contributed by atoms with Gasteiger partial charge in [-0.3, -0.25) is 0 Å². The number of anilines is 3. The number of carbonyl (C=O) groups excluding carboxylic acids is 1. The van der Waals surface area contributed by atoms with Crippen molar-refractivity contribution in [2.75, 3.05) is 31.0 Å². The van der Waals surface area contributed by atoms with Crippen LogP contribution in [0.1, 0.15) is 12.5 Å². The largest absolute Gasteiger partial charge is 0.497 e. The monoisotopic (exact) mass is 489 g/mol. The van der Waals surface area contributed by atoms with E-state index in [1.165, 1.54) is 4.90 Å². The average molecular weight is 490 g/mol. The smallest absolute Gasteiger partial charge is 0.327 e. The fourth-order valence-electron chi connectivity index (χ4n) is 3.06. The maximum Gasteiger partial charge on any atom is 0.327 e. The van der Waals surface area contributed by atoms with Crippen LogP contribution in [-0.2, 0) is 11.3 Å². The minimum absolute atomic E-state index is 0.0134. The summed E-state index contributed by atoms with van der Waals surface area (Å²) in [6.45, 7) is 2.64. The Labute approximate surface area is 202 Å². The second kappa shape index (κ2) is 11.7. The van der Waals surface area contributed by atoms with Crippen LogP contribution in [0.3, 0.4) is 0 Å². The lowest BCUT2D eigenvalue weighted by Crippen LogP contribution is -2.37. The molecule has 0 bridgehead atoms. The second-order valence-electron chi connectivity index (χ2n) is 7.17. The van der Waals surface area contributed by atoms with Crippen LogP contribution in [0, 0.1) is 0 Å². The first-order valence-electron chi connectivity index (χ1n) is 10.2. The number of hydrogen-bond donors (Lipinski definition) is 2. The van der Waals surface area contributed by atoms with E-state index in [4.69, 9.17) is 32.7 Å². The number of ether oxygens (including phenoxy) is 2. The van der Waals surface area contributed by atoms with Crippen LogP contribution < -0.4 is 20.3 Å². The van der Waals surface area contributed by atoms with Gasteiger partial charge in [0, 0.05) is 42.0 Å². The second-order valence-corrected chi connectivity index (χ2v) is 8.01. The SMILES string of the molecule is COCC(C)Nc1nccc(N(C(=O)NCc2ccc(Cl)cc2Cl)c2ccc(OC)cc2)n1. The first-order chi connectivity index (χ1) is 15.9. The highest BCUT2D eigenvalue weighted by atomic mass is 35.5. The van der Waals surface area contributed by atoms with Crippen LogP contribution in [0.15, 0.2) is 54.7 Å². The Kier molecular flexibility index (Phi) is 8.71. The van der Waals surface area contributed by atoms with E-state index in [0.717, 1.165) is 5.56 Å². The normalized spacial score (nSPS) is 11.5. The van der Waals surface area contributed by atoms with E-state index < -0.39 is 0 Å². The molecule has 0 spiro atoms. The summed E-state index contributed by atoms with van der Waals surface area (Å²) in [6, 6.07) is 13.5. The molecule has 2 aromatic carbocycles. The minimum atomic E-state index is -0.388. The number of urea groups is 1. The lowest BCUT2D eigenvalue weighted by Gasteiger charge is -2.23. The van der Waals surface area contributed by atoms with Gasteiger partial charge in [-0.2, -0.15) is 4.98 Å². The number of carbonyl (C=O) groups is 1. The lowest BCUT2D eigenvalue weighted by atomic mass is 10.2. The maximum atomic E-state index is 13.3. The van der Waals surface area contributed by atoms with Gasteiger partial charge in [0.2, 0.25) is 5.95 Å². The molecule has 0 aliphatic rings. The van der Waals surface area contributed by atoms with Crippen molar-refractivity contribution in [3.05, 3.63) is 70.3 Å². The highest BCUT2D eigenvalue weighted by Gasteiger charge is 2.21. The Morgan fingerprint density at radius 3 is 2.55 bits per heavy atom. The third-order valence-corrected chi connectivity index (χ3v) is 5.23. The van der Waals surface area contributed by atoms with Crippen LogP contribution >= 0.6 is 23.2 Å². The van der Waals surface area contributed by atoms with Gasteiger partial charge in [-0.1, -0.05) is 29.3 Å². The van der Waals surface area contributed by atoms with Gasteiger partial charge < -0.3 is 20.1 Å². The van der Waals surface area contributed by atoms with E-state index in [2.05, 4.69) is 20.6 Å². The van der Waals surface area contributed by atoms with Crippen molar-refractivity contribution in [1.82, 2.24) is 15.3 Å². The van der Waals surface area contributed by atoms with Crippen LogP contribution in [-0.4, -0.2) is 42.9 Å². The fourth-order valence-corrected chi connectivity index (χ4v) is 3.53. The van der Waals surface area contributed by atoms with Crippen molar-refractivity contribution in [2.45, 2.75) is 19.5 Å². The van der Waals surface area contributed by atoms with E-state index in [1.54, 1.807) is 68.9 Å². The third kappa shape index (κ3) is 6.71. The number of amides is 2. The molecule has 0 aliphatic carbocycles. The highest BCUT2D eigenvalue weighted by Crippen LogP contribution is 2.27. The summed E-state index contributed by atoms with van der Waals surface area (Å²) in [5.74, 6) is 1.44. The first kappa shape index (κ1) is 24.6. The molecular weight excluding hydrogens is 465 g/mol. The van der Waals surface area contributed by atoms with Gasteiger partial charge in [-0.25, -0.2) is 14.7 Å². The Balaban J connectivity index is 1.88. The number of benzene rings is 2. The van der Waals surface area contributed by atoms with Crippen molar-refractivity contribution < 1.29 is 14.3 Å². The summed E-state index contributed by atoms with van der Waals surface area (Å²) in [5, 5.41) is 7.05. The molecule has 2 N–H and O–H groups in total. The molecular formula is C23H25Cl2N5O3. The Morgan fingerprint density at radius 1 is 1.12 bits per heavy atom. The molecule has 8 nitrogen and oxygen atoms in total. The average Bonchev–Trinajstić information content (AvgIpc) is 2.79. The summed E-state index contributed by atoms with van der Waals surface area (Å²) in [4.78, 5) is 23.5. The molecule has 3 rings (SSSR count). The van der Waals surface area contributed by atoms with E-state index in [1.807, 2.05) is 6.92 Å². The number of hydrogen-bond acceptors (Lipinski definition) is 6. The van der Waals surface area contributed by atoms with Gasteiger partial charge in [0.1, 0.15) is 11.6 Å². The first-order valence-corrected chi connectivity index (χ1v) is 10.9. The predicted molar refractivity (Wildman–Crippen MR) is 131 cm³/mol. The molecule has 1 aromatic heterocycles. The summed E-state index contributed by atoms with van der Waals surface area (Å²) in [5.41, 5.74) is 1.34. The maximum absolute atomic E-state index is 13.3. The molecule has 174 valence electrons. The number of rotatable bonds is 9. The van der Waals surface area contributed by atoms with Gasteiger partial charge in [-0.05, 0) is 48.9 Å². The third-order valence-electron chi connectivity index (χ3n) is 4.64. The minimum Gasteiger partial charge on any atom is -0.497 e. The number of nitrogens with one attached hydrogen (secondary N) is 2. The van der Waals surface area contributed by atoms with E-state index in [9.17, 15) is 4.79 Å². The zero-order valence-corrected chi connectivity index (χ0v) is 20.0. The highest BCUT2D eigenvalue weighted by molar-refractivity contribution is 6.35. The number of methoxy groups -OCH3 is 2. The molecule has 0 aliphatic heterocycles. The number of nitrogens with zero attached hydrogens (tertiary/aromatic N) is 3. The van der Waals surface area contributed by atoms with E-state index in [0.29, 0.717) is 39.9 Å². The number of aromatic nitrogens is 2. The van der Waals surface area contributed by atoms with Crippen LogP contribution in [0.2, 0.25) is 10.0 Å². The molecule has 10 heteroatoms. The summed E-state index contributed by atoms with van der Waals surface area (Å²) in [7, 11) is 3.21. The molecule has 1 unspecified atom stereocenters. The Morgan fingerprint density at radius 2 is 1.88 bits per heavy atom. The van der Waals surface area contributed by atoms with Gasteiger partial charge in [-0.15, -0.1) is 0 Å². The van der Waals surface area contributed by atoms with Gasteiger partial charge >= 0.3 is 6.03 Å². The molecule has 0 radical (unpaired) electrons. The van der Waals surface area contributed by atoms with Gasteiger partial charge in [0.25, 0.3) is 0 Å². The zero-order chi connectivity index (χ0) is 23.8. The van der Waals surface area contributed by atoms with E-state index in [-0.39, 0.29) is 18.6 Å². The van der Waals surface area contributed by atoms with Crippen molar-refractivity contribution in [1.29, 1.82) is 0 Å². The van der Waals surface area contributed by atoms with Crippen LogP contribution in [0.25, 0.3) is 0 Å². The molecule has 0 fully saturated rings. The van der Waals surface area contributed by atoms with Gasteiger partial charge in [0.05, 0.1) is 19.4 Å². The quantitative estimate of drug-likeness (QED) is 0.424. The Hall–Kier alpha value is -3.07. The van der Waals surface area contributed by atoms with Crippen molar-refractivity contribution in [3.8, 4) is 5.75 Å². The topological polar surface area (TPSA) is 88.6 Å². The van der Waals surface area contributed by atoms with Crippen molar-refractivity contribution in [3.63, 3.8) is 0 Å². The van der Waals surface area contributed by atoms with Crippen molar-refractivity contribution in [2.24, 2.45) is 0 Å². The molecule has 33 heavy (non-hydrogen) atoms. The fraction of sp³-hybridized carbons (Fsp3) is 0.261. The van der Waals surface area contributed by atoms with Crippen LogP contribution in [0.4, 0.5) is 22.2 Å². The summed E-state index contributed by atoms with van der Waals surface area (Å²) >= 11 is 12.2. The van der Waals surface area contributed by atoms with Crippen molar-refractivity contribution >= 4 is 46.7 Å². The van der Waals surface area contributed by atoms with Gasteiger partial charge in [0.15, 0.2) is 0 Å². The Bertz CT molecular complexity index is 1080. The molecule has 3 aromatic rings. The van der Waals surface area contributed by atoms with E-state index >= 15 is 0 Å². The molecule has 1 atom stereocenters. The zero-order valence-electron chi connectivity index (χ0n) is 18.5. The molecule has 0 saturated carbocycles. The molecule has 1 heterocycles. The summed E-state index contributed by atoms with van der Waals surface area (Å²) < 4.78 is 10.4. The standard InChI is InChI=1S/C23H25Cl2N5O3/c1-15(14-32-2)28-22-26-11-10-21(29-22)30(18-6-8-19(33-3)9-7-18)23(31)27-13-16-4-5-17(24)12-20(16)25/h4-12,15H,13-14H2,1-3H3,(H,27,31)(H,26,28,29).